The lowest BCUT2D eigenvalue weighted by molar-refractivity contribution is -0.161. The van der Waals surface area contributed by atoms with E-state index in [9.17, 15) is 14.4 Å². The van der Waals surface area contributed by atoms with E-state index in [4.69, 9.17) is 4.74 Å². The van der Waals surface area contributed by atoms with Gasteiger partial charge in [0.15, 0.2) is 12.4 Å². The molecule has 1 aromatic heterocycles. The maximum atomic E-state index is 13.0. The second kappa shape index (κ2) is 7.53. The number of nitrogens with zero attached hydrogens (tertiary/aromatic N) is 1. The van der Waals surface area contributed by atoms with E-state index in [-0.39, 0.29) is 35.6 Å². The molecule has 4 saturated carbocycles. The lowest BCUT2D eigenvalue weighted by Crippen LogP contribution is -2.51. The van der Waals surface area contributed by atoms with E-state index in [0.29, 0.717) is 43.7 Å². The van der Waals surface area contributed by atoms with Crippen molar-refractivity contribution in [1.29, 1.82) is 0 Å². The van der Waals surface area contributed by atoms with Crippen LogP contribution in [0.25, 0.3) is 0 Å². The molecule has 29 heavy (non-hydrogen) atoms. The summed E-state index contributed by atoms with van der Waals surface area (Å²) in [6, 6.07) is 3.71. The summed E-state index contributed by atoms with van der Waals surface area (Å²) in [5, 5.41) is 1.90. The standard InChI is InChI=1S/C23H29NO4S/c25-20(23-11-15-8-16(12-23)10-17(9-15)13-23)14-28-22(27)18-3-5-24(6-4-18)21(26)19-2-1-7-29-19/h1-2,7,15-18H,3-6,8-14H2. The maximum Gasteiger partial charge on any atom is 0.309 e. The minimum atomic E-state index is -0.258. The number of carbonyl (C=O) groups is 3. The summed E-state index contributed by atoms with van der Waals surface area (Å²) < 4.78 is 5.51. The SMILES string of the molecule is O=C(OCC(=O)C12CC3CC(CC(C3)C1)C2)C1CCN(C(=O)c2cccs2)CC1. The van der Waals surface area contributed by atoms with Crippen LogP contribution in [0.15, 0.2) is 17.5 Å². The number of ether oxygens (including phenoxy) is 1. The zero-order valence-electron chi connectivity index (χ0n) is 16.8. The zero-order chi connectivity index (χ0) is 20.0. The third kappa shape index (κ3) is 3.65. The van der Waals surface area contributed by atoms with Crippen LogP contribution in [0.2, 0.25) is 0 Å². The molecule has 1 aliphatic heterocycles. The van der Waals surface area contributed by atoms with Gasteiger partial charge in [-0.1, -0.05) is 6.07 Å². The number of likely N-dealkylation sites (tertiary alicyclic amines) is 1. The molecular formula is C23H29NO4S. The van der Waals surface area contributed by atoms with E-state index < -0.39 is 0 Å². The lowest BCUT2D eigenvalue weighted by atomic mass is 9.48. The summed E-state index contributed by atoms with van der Waals surface area (Å²) in [5.41, 5.74) is -0.203. The van der Waals surface area contributed by atoms with Crippen molar-refractivity contribution in [3.05, 3.63) is 22.4 Å². The van der Waals surface area contributed by atoms with Crippen LogP contribution in [0.3, 0.4) is 0 Å². The number of rotatable bonds is 5. The van der Waals surface area contributed by atoms with Crippen LogP contribution < -0.4 is 0 Å². The molecule has 6 rings (SSSR count). The fraction of sp³-hybridized carbons (Fsp3) is 0.696. The largest absolute Gasteiger partial charge is 0.457 e. The normalized spacial score (nSPS) is 33.7. The average Bonchev–Trinajstić information content (AvgIpc) is 3.25. The third-order valence-electron chi connectivity index (χ3n) is 7.82. The van der Waals surface area contributed by atoms with Gasteiger partial charge >= 0.3 is 5.97 Å². The summed E-state index contributed by atoms with van der Waals surface area (Å²) in [5.74, 6) is 1.89. The van der Waals surface area contributed by atoms with Crippen LogP contribution in [0.4, 0.5) is 0 Å². The Balaban J connectivity index is 1.11. The minimum absolute atomic E-state index is 0.0452. The Labute approximate surface area is 175 Å². The van der Waals surface area contributed by atoms with Crippen molar-refractivity contribution in [2.24, 2.45) is 29.1 Å². The number of hydrogen-bond donors (Lipinski definition) is 0. The molecule has 2 heterocycles. The molecule has 0 N–H and O–H groups in total. The molecule has 5 fully saturated rings. The second-order valence-corrected chi connectivity index (χ2v) is 10.7. The fourth-order valence-corrected chi connectivity index (χ4v) is 7.42. The van der Waals surface area contributed by atoms with Crippen molar-refractivity contribution in [3.8, 4) is 0 Å². The Hall–Kier alpha value is -1.69. The molecule has 156 valence electrons. The van der Waals surface area contributed by atoms with Crippen LogP contribution in [-0.4, -0.2) is 42.3 Å². The zero-order valence-corrected chi connectivity index (χ0v) is 17.6. The van der Waals surface area contributed by atoms with Gasteiger partial charge in [-0.3, -0.25) is 14.4 Å². The number of thiophene rings is 1. The van der Waals surface area contributed by atoms with Gasteiger partial charge in [0.1, 0.15) is 0 Å². The fourth-order valence-electron chi connectivity index (χ4n) is 6.73. The van der Waals surface area contributed by atoms with E-state index in [0.717, 1.165) is 24.1 Å². The molecule has 0 radical (unpaired) electrons. The molecule has 1 saturated heterocycles. The summed E-state index contributed by atoms with van der Waals surface area (Å²) in [7, 11) is 0. The summed E-state index contributed by atoms with van der Waals surface area (Å²) >= 11 is 1.45. The highest BCUT2D eigenvalue weighted by atomic mass is 32.1. The predicted molar refractivity (Wildman–Crippen MR) is 110 cm³/mol. The monoisotopic (exact) mass is 415 g/mol. The quantitative estimate of drug-likeness (QED) is 0.684. The van der Waals surface area contributed by atoms with Crippen molar-refractivity contribution in [3.63, 3.8) is 0 Å². The van der Waals surface area contributed by atoms with E-state index in [2.05, 4.69) is 0 Å². The van der Waals surface area contributed by atoms with Crippen LogP contribution in [0.1, 0.15) is 61.0 Å². The van der Waals surface area contributed by atoms with Crippen LogP contribution in [0.5, 0.6) is 0 Å². The smallest absolute Gasteiger partial charge is 0.309 e. The predicted octanol–water partition coefficient (Wildman–Crippen LogP) is 3.93. The van der Waals surface area contributed by atoms with Crippen molar-refractivity contribution in [2.75, 3.05) is 19.7 Å². The van der Waals surface area contributed by atoms with Crippen molar-refractivity contribution in [1.82, 2.24) is 4.90 Å². The highest BCUT2D eigenvalue weighted by Gasteiger charge is 2.54. The Bertz CT molecular complexity index is 759. The molecule has 0 aromatic carbocycles. The van der Waals surface area contributed by atoms with Crippen molar-refractivity contribution >= 4 is 29.0 Å². The molecule has 4 aliphatic carbocycles. The number of hydrogen-bond acceptors (Lipinski definition) is 5. The van der Waals surface area contributed by atoms with Gasteiger partial charge in [-0.05, 0) is 80.6 Å². The molecule has 5 aliphatic rings. The third-order valence-corrected chi connectivity index (χ3v) is 8.68. The Morgan fingerprint density at radius 2 is 1.66 bits per heavy atom. The topological polar surface area (TPSA) is 63.7 Å². The number of esters is 1. The molecule has 5 nitrogen and oxygen atoms in total. The molecule has 6 heteroatoms. The van der Waals surface area contributed by atoms with Gasteiger partial charge in [0.25, 0.3) is 5.91 Å². The molecule has 1 amide bonds. The van der Waals surface area contributed by atoms with Crippen LogP contribution >= 0.6 is 11.3 Å². The van der Waals surface area contributed by atoms with Crippen LogP contribution in [-0.2, 0) is 14.3 Å². The van der Waals surface area contributed by atoms with E-state index >= 15 is 0 Å². The van der Waals surface area contributed by atoms with Gasteiger partial charge in [-0.2, -0.15) is 0 Å². The molecule has 0 atom stereocenters. The number of Topliss-reactive ketones (excluding diaryl/α,β-unsaturated/α-hetero) is 1. The number of carbonyl (C=O) groups excluding carboxylic acids is 3. The Morgan fingerprint density at radius 1 is 1.03 bits per heavy atom. The number of piperidine rings is 1. The van der Waals surface area contributed by atoms with Gasteiger partial charge in [-0.15, -0.1) is 11.3 Å². The average molecular weight is 416 g/mol. The number of amides is 1. The maximum absolute atomic E-state index is 13.0. The summed E-state index contributed by atoms with van der Waals surface area (Å²) in [4.78, 5) is 40.6. The summed E-state index contributed by atoms with van der Waals surface area (Å²) in [6.07, 6.45) is 8.16. The van der Waals surface area contributed by atoms with E-state index in [1.165, 1.54) is 30.6 Å². The molecule has 0 unspecified atom stereocenters. The first kappa shape index (κ1) is 19.3. The number of ketones is 1. The first-order valence-corrected chi connectivity index (χ1v) is 11.9. The Morgan fingerprint density at radius 3 is 2.21 bits per heavy atom. The van der Waals surface area contributed by atoms with Crippen molar-refractivity contribution in [2.45, 2.75) is 51.4 Å². The van der Waals surface area contributed by atoms with Gasteiger partial charge in [0.05, 0.1) is 10.8 Å². The van der Waals surface area contributed by atoms with Gasteiger partial charge in [0.2, 0.25) is 0 Å². The molecule has 0 spiro atoms. The minimum Gasteiger partial charge on any atom is -0.457 e. The van der Waals surface area contributed by atoms with Gasteiger partial charge < -0.3 is 9.64 Å². The summed E-state index contributed by atoms with van der Waals surface area (Å²) in [6.45, 7) is 1.08. The highest BCUT2D eigenvalue weighted by molar-refractivity contribution is 7.12. The Kier molecular flexibility index (Phi) is 5.01. The van der Waals surface area contributed by atoms with Gasteiger partial charge in [-0.25, -0.2) is 0 Å². The van der Waals surface area contributed by atoms with E-state index in [1.807, 2.05) is 22.4 Å². The first-order valence-electron chi connectivity index (χ1n) is 11.1. The van der Waals surface area contributed by atoms with E-state index in [1.54, 1.807) is 0 Å². The molecule has 4 bridgehead atoms. The highest BCUT2D eigenvalue weighted by Crippen LogP contribution is 2.60. The first-order chi connectivity index (χ1) is 14.0. The van der Waals surface area contributed by atoms with Crippen LogP contribution in [0, 0.1) is 29.1 Å². The molecule has 1 aromatic rings. The van der Waals surface area contributed by atoms with Crippen molar-refractivity contribution < 1.29 is 19.1 Å². The second-order valence-electron chi connectivity index (χ2n) is 9.77. The van der Waals surface area contributed by atoms with Gasteiger partial charge in [0, 0.05) is 18.5 Å². The molecular weight excluding hydrogens is 386 g/mol. The lowest BCUT2D eigenvalue weighted by Gasteiger charge is -2.55.